The standard InChI is InChI=1S/C27H27ClN4O/c28-21-11-12-22-25(19-21)31-17-14-26(22)32(18-6-15-29)27(33)23-9-4-5-10-24(23)30-16-13-20-7-2-1-3-8-20/h1-5,7-12,14,17,19,30H,6,13,15-16,18,29H2. The average Bonchev–Trinajstić information content (AvgIpc) is 2.85. The maximum atomic E-state index is 13.8. The molecule has 0 aliphatic heterocycles. The zero-order valence-electron chi connectivity index (χ0n) is 18.4. The lowest BCUT2D eigenvalue weighted by Gasteiger charge is -2.25. The summed E-state index contributed by atoms with van der Waals surface area (Å²) >= 11 is 6.16. The maximum Gasteiger partial charge on any atom is 0.260 e. The Morgan fingerprint density at radius 1 is 1.00 bits per heavy atom. The molecule has 0 aliphatic carbocycles. The smallest absolute Gasteiger partial charge is 0.260 e. The molecule has 0 unspecified atom stereocenters. The number of rotatable bonds is 9. The van der Waals surface area contributed by atoms with E-state index in [4.69, 9.17) is 17.3 Å². The van der Waals surface area contributed by atoms with Crippen LogP contribution in [0.25, 0.3) is 10.9 Å². The summed E-state index contributed by atoms with van der Waals surface area (Å²) in [6, 6.07) is 25.3. The first-order valence-electron chi connectivity index (χ1n) is 11.1. The number of nitrogens with two attached hydrogens (primary N) is 1. The summed E-state index contributed by atoms with van der Waals surface area (Å²) in [6.45, 7) is 1.73. The number of benzene rings is 3. The summed E-state index contributed by atoms with van der Waals surface area (Å²) in [5.41, 5.74) is 10.0. The van der Waals surface area contributed by atoms with Crippen LogP contribution in [0.5, 0.6) is 0 Å². The Balaban J connectivity index is 1.63. The quantitative estimate of drug-likeness (QED) is 0.345. The van der Waals surface area contributed by atoms with Gasteiger partial charge in [0.25, 0.3) is 5.91 Å². The van der Waals surface area contributed by atoms with Crippen LogP contribution in [0.15, 0.2) is 85.1 Å². The molecule has 1 amide bonds. The van der Waals surface area contributed by atoms with Gasteiger partial charge in [-0.2, -0.15) is 0 Å². The molecule has 0 atom stereocenters. The Bertz CT molecular complexity index is 1230. The largest absolute Gasteiger partial charge is 0.384 e. The van der Waals surface area contributed by atoms with Crippen molar-refractivity contribution in [3.05, 3.63) is 101 Å². The number of halogens is 1. The first-order chi connectivity index (χ1) is 16.2. The van der Waals surface area contributed by atoms with Crippen LogP contribution >= 0.6 is 11.6 Å². The van der Waals surface area contributed by atoms with Crippen LogP contribution in [0.1, 0.15) is 22.3 Å². The van der Waals surface area contributed by atoms with Crippen molar-refractivity contribution in [2.24, 2.45) is 5.73 Å². The summed E-state index contributed by atoms with van der Waals surface area (Å²) in [4.78, 5) is 20.0. The number of fused-ring (bicyclic) bond motifs is 1. The van der Waals surface area contributed by atoms with E-state index in [-0.39, 0.29) is 5.91 Å². The van der Waals surface area contributed by atoms with Crippen molar-refractivity contribution in [3.8, 4) is 0 Å². The van der Waals surface area contributed by atoms with Gasteiger partial charge in [-0.3, -0.25) is 9.78 Å². The molecule has 0 bridgehead atoms. The molecule has 6 heteroatoms. The predicted molar refractivity (Wildman–Crippen MR) is 137 cm³/mol. The molecule has 168 valence electrons. The molecule has 0 spiro atoms. The van der Waals surface area contributed by atoms with Crippen LogP contribution in [0.3, 0.4) is 0 Å². The fourth-order valence-electron chi connectivity index (χ4n) is 3.88. The van der Waals surface area contributed by atoms with Gasteiger partial charge in [0.1, 0.15) is 0 Å². The van der Waals surface area contributed by atoms with E-state index in [1.54, 1.807) is 11.1 Å². The monoisotopic (exact) mass is 458 g/mol. The molecule has 4 aromatic rings. The number of para-hydroxylation sites is 1. The molecule has 0 saturated heterocycles. The zero-order valence-corrected chi connectivity index (χ0v) is 19.1. The molecule has 4 rings (SSSR count). The summed E-state index contributed by atoms with van der Waals surface area (Å²) in [7, 11) is 0. The van der Waals surface area contributed by atoms with E-state index >= 15 is 0 Å². The molecule has 0 saturated carbocycles. The van der Waals surface area contributed by atoms with Gasteiger partial charge in [-0.15, -0.1) is 0 Å². The van der Waals surface area contributed by atoms with Crippen LogP contribution < -0.4 is 16.0 Å². The number of carbonyl (C=O) groups excluding carboxylic acids is 1. The van der Waals surface area contributed by atoms with Gasteiger partial charge < -0.3 is 16.0 Å². The van der Waals surface area contributed by atoms with Gasteiger partial charge in [-0.05, 0) is 61.3 Å². The van der Waals surface area contributed by atoms with Crippen LogP contribution in [0, 0.1) is 0 Å². The van der Waals surface area contributed by atoms with Crippen LogP contribution in [-0.2, 0) is 6.42 Å². The second-order valence-electron chi connectivity index (χ2n) is 7.80. The summed E-state index contributed by atoms with van der Waals surface area (Å²) in [5.74, 6) is -0.0753. The SMILES string of the molecule is NCCCN(C(=O)c1ccccc1NCCc1ccccc1)c1ccnc2cc(Cl)ccc12. The fraction of sp³-hybridized carbons (Fsp3) is 0.185. The third-order valence-electron chi connectivity index (χ3n) is 5.53. The normalized spacial score (nSPS) is 10.8. The second kappa shape index (κ2) is 10.9. The average molecular weight is 459 g/mol. The van der Waals surface area contributed by atoms with Crippen molar-refractivity contribution >= 4 is 39.8 Å². The lowest BCUT2D eigenvalue weighted by atomic mass is 10.1. The minimum atomic E-state index is -0.0753. The van der Waals surface area contributed by atoms with Gasteiger partial charge in [0, 0.05) is 35.4 Å². The number of hydrogen-bond acceptors (Lipinski definition) is 4. The molecule has 1 heterocycles. The number of amides is 1. The molecule has 1 aromatic heterocycles. The van der Waals surface area contributed by atoms with E-state index in [1.807, 2.05) is 66.7 Å². The molecular weight excluding hydrogens is 432 g/mol. The van der Waals surface area contributed by atoms with E-state index in [0.29, 0.717) is 30.1 Å². The van der Waals surface area contributed by atoms with Crippen molar-refractivity contribution in [2.45, 2.75) is 12.8 Å². The van der Waals surface area contributed by atoms with E-state index < -0.39 is 0 Å². The molecular formula is C27H27ClN4O. The van der Waals surface area contributed by atoms with Crippen LogP contribution in [-0.4, -0.2) is 30.5 Å². The van der Waals surface area contributed by atoms with Gasteiger partial charge in [-0.25, -0.2) is 0 Å². The van der Waals surface area contributed by atoms with Crippen molar-refractivity contribution < 1.29 is 4.79 Å². The molecule has 5 nitrogen and oxygen atoms in total. The molecule has 3 aromatic carbocycles. The first kappa shape index (κ1) is 22.8. The Labute approximate surface area is 199 Å². The minimum absolute atomic E-state index is 0.0753. The highest BCUT2D eigenvalue weighted by Crippen LogP contribution is 2.30. The van der Waals surface area contributed by atoms with Gasteiger partial charge in [-0.1, -0.05) is 54.1 Å². The number of nitrogens with one attached hydrogen (secondary N) is 1. The molecule has 3 N–H and O–H groups in total. The number of hydrogen-bond donors (Lipinski definition) is 2. The number of nitrogens with zero attached hydrogens (tertiary/aromatic N) is 2. The molecule has 0 fully saturated rings. The molecule has 0 radical (unpaired) electrons. The highest BCUT2D eigenvalue weighted by atomic mass is 35.5. The molecule has 0 aliphatic rings. The Hall–Kier alpha value is -3.41. The maximum absolute atomic E-state index is 13.8. The van der Waals surface area contributed by atoms with Crippen molar-refractivity contribution in [1.29, 1.82) is 0 Å². The number of carbonyl (C=O) groups is 1. The van der Waals surface area contributed by atoms with Gasteiger partial charge >= 0.3 is 0 Å². The predicted octanol–water partition coefficient (Wildman–Crippen LogP) is 5.54. The second-order valence-corrected chi connectivity index (χ2v) is 8.23. The van der Waals surface area contributed by atoms with E-state index in [2.05, 4.69) is 22.4 Å². The summed E-state index contributed by atoms with van der Waals surface area (Å²) in [5, 5.41) is 4.94. The van der Waals surface area contributed by atoms with Crippen molar-refractivity contribution in [2.75, 3.05) is 29.9 Å². The summed E-state index contributed by atoms with van der Waals surface area (Å²) < 4.78 is 0. The highest BCUT2D eigenvalue weighted by Gasteiger charge is 2.22. The third-order valence-corrected chi connectivity index (χ3v) is 5.77. The summed E-state index contributed by atoms with van der Waals surface area (Å²) in [6.07, 6.45) is 3.27. The van der Waals surface area contributed by atoms with Gasteiger partial charge in [0.05, 0.1) is 16.8 Å². The zero-order chi connectivity index (χ0) is 23.0. The minimum Gasteiger partial charge on any atom is -0.384 e. The first-order valence-corrected chi connectivity index (χ1v) is 11.5. The number of pyridine rings is 1. The Morgan fingerprint density at radius 3 is 2.61 bits per heavy atom. The fourth-order valence-corrected chi connectivity index (χ4v) is 4.04. The third kappa shape index (κ3) is 5.51. The van der Waals surface area contributed by atoms with Gasteiger partial charge in [0.2, 0.25) is 0 Å². The van der Waals surface area contributed by atoms with E-state index in [0.717, 1.165) is 35.2 Å². The highest BCUT2D eigenvalue weighted by molar-refractivity contribution is 6.31. The lowest BCUT2D eigenvalue weighted by Crippen LogP contribution is -2.33. The van der Waals surface area contributed by atoms with Crippen molar-refractivity contribution in [3.63, 3.8) is 0 Å². The van der Waals surface area contributed by atoms with Crippen LogP contribution in [0.2, 0.25) is 5.02 Å². The number of anilines is 2. The van der Waals surface area contributed by atoms with E-state index in [1.165, 1.54) is 5.56 Å². The topological polar surface area (TPSA) is 71.2 Å². The van der Waals surface area contributed by atoms with Crippen LogP contribution in [0.4, 0.5) is 11.4 Å². The Kier molecular flexibility index (Phi) is 7.55. The van der Waals surface area contributed by atoms with Gasteiger partial charge in [0.15, 0.2) is 0 Å². The van der Waals surface area contributed by atoms with Crippen molar-refractivity contribution in [1.82, 2.24) is 4.98 Å². The Morgan fingerprint density at radius 2 is 1.79 bits per heavy atom. The number of aromatic nitrogens is 1. The molecule has 33 heavy (non-hydrogen) atoms. The lowest BCUT2D eigenvalue weighted by molar-refractivity contribution is 0.0988. The van der Waals surface area contributed by atoms with E-state index in [9.17, 15) is 4.79 Å².